The highest BCUT2D eigenvalue weighted by atomic mass is 16.1. The quantitative estimate of drug-likeness (QED) is 0.873. The molecule has 0 aromatic carbocycles. The fraction of sp³-hybridized carbons (Fsp3) is 0.706. The summed E-state index contributed by atoms with van der Waals surface area (Å²) < 4.78 is 0. The first-order valence-corrected chi connectivity index (χ1v) is 8.66. The predicted octanol–water partition coefficient (Wildman–Crippen LogP) is 1.20. The number of nitrogens with zero attached hydrogens (tertiary/aromatic N) is 3. The van der Waals surface area contributed by atoms with Gasteiger partial charge < -0.3 is 15.5 Å². The summed E-state index contributed by atoms with van der Waals surface area (Å²) >= 11 is 0. The van der Waals surface area contributed by atoms with Gasteiger partial charge >= 0.3 is 0 Å². The first-order chi connectivity index (χ1) is 11.2. The zero-order valence-corrected chi connectivity index (χ0v) is 13.9. The Morgan fingerprint density at radius 2 is 2.09 bits per heavy atom. The molecule has 6 nitrogen and oxygen atoms in total. The lowest BCUT2D eigenvalue weighted by Crippen LogP contribution is -2.46. The monoisotopic (exact) mass is 317 g/mol. The topological polar surface area (TPSA) is 70.2 Å². The number of anilines is 1. The largest absolute Gasteiger partial charge is 0.355 e. The Kier molecular flexibility index (Phi) is 5.10. The Bertz CT molecular complexity index is 507. The molecule has 0 radical (unpaired) electrons. The highest BCUT2D eigenvalue weighted by molar-refractivity contribution is 5.79. The van der Waals surface area contributed by atoms with E-state index in [4.69, 9.17) is 0 Å². The summed E-state index contributed by atoms with van der Waals surface area (Å²) in [6.45, 7) is 6.95. The van der Waals surface area contributed by atoms with Gasteiger partial charge in [-0.3, -0.25) is 9.78 Å². The Balaban J connectivity index is 1.45. The number of nitrogens with one attached hydrogen (secondary N) is 2. The third kappa shape index (κ3) is 4.19. The molecular weight excluding hydrogens is 290 g/mol. The molecule has 3 rings (SSSR count). The first kappa shape index (κ1) is 16.2. The van der Waals surface area contributed by atoms with Gasteiger partial charge in [0.05, 0.1) is 6.20 Å². The van der Waals surface area contributed by atoms with Crippen molar-refractivity contribution in [3.05, 3.63) is 18.6 Å². The second-order valence-corrected chi connectivity index (χ2v) is 7.10. The zero-order valence-electron chi connectivity index (χ0n) is 13.9. The molecule has 1 aromatic heterocycles. The molecule has 0 spiro atoms. The van der Waals surface area contributed by atoms with Crippen LogP contribution < -0.4 is 15.5 Å². The van der Waals surface area contributed by atoms with Crippen molar-refractivity contribution < 1.29 is 4.79 Å². The number of rotatable bonds is 4. The van der Waals surface area contributed by atoms with Gasteiger partial charge in [0.25, 0.3) is 0 Å². The van der Waals surface area contributed by atoms with Gasteiger partial charge in [-0.25, -0.2) is 4.98 Å². The van der Waals surface area contributed by atoms with Crippen molar-refractivity contribution in [1.29, 1.82) is 0 Å². The van der Waals surface area contributed by atoms with Gasteiger partial charge in [0.1, 0.15) is 5.82 Å². The Morgan fingerprint density at radius 3 is 2.74 bits per heavy atom. The van der Waals surface area contributed by atoms with Gasteiger partial charge in [-0.05, 0) is 44.2 Å². The van der Waals surface area contributed by atoms with E-state index in [1.807, 2.05) is 0 Å². The molecule has 0 bridgehead atoms. The summed E-state index contributed by atoms with van der Waals surface area (Å²) in [6.07, 6.45) is 9.25. The zero-order chi connectivity index (χ0) is 16.1. The van der Waals surface area contributed by atoms with Gasteiger partial charge in [0, 0.05) is 37.9 Å². The molecule has 3 heterocycles. The second kappa shape index (κ2) is 7.25. The van der Waals surface area contributed by atoms with E-state index in [-0.39, 0.29) is 17.2 Å². The molecule has 0 saturated carbocycles. The van der Waals surface area contributed by atoms with Crippen LogP contribution in [0, 0.1) is 11.3 Å². The fourth-order valence-corrected chi connectivity index (χ4v) is 3.48. The van der Waals surface area contributed by atoms with Gasteiger partial charge in [-0.2, -0.15) is 0 Å². The SMILES string of the molecule is CC1(CNC(=O)C2CCN(c3cnccn3)CC2)CCNCC1. The molecule has 2 fully saturated rings. The molecule has 2 aliphatic heterocycles. The molecule has 6 heteroatoms. The number of carbonyl (C=O) groups excluding carboxylic acids is 1. The highest BCUT2D eigenvalue weighted by Gasteiger charge is 2.30. The number of amides is 1. The summed E-state index contributed by atoms with van der Waals surface area (Å²) in [6, 6.07) is 0. The van der Waals surface area contributed by atoms with Crippen molar-refractivity contribution >= 4 is 11.7 Å². The van der Waals surface area contributed by atoms with Crippen molar-refractivity contribution in [3.63, 3.8) is 0 Å². The molecule has 0 aliphatic carbocycles. The summed E-state index contributed by atoms with van der Waals surface area (Å²) in [5.41, 5.74) is 0.251. The van der Waals surface area contributed by atoms with Crippen molar-refractivity contribution in [3.8, 4) is 0 Å². The maximum Gasteiger partial charge on any atom is 0.223 e. The van der Waals surface area contributed by atoms with E-state index in [2.05, 4.69) is 32.4 Å². The van der Waals surface area contributed by atoms with Crippen LogP contribution in [0.1, 0.15) is 32.6 Å². The molecule has 23 heavy (non-hydrogen) atoms. The molecular formula is C17H27N5O. The van der Waals surface area contributed by atoms with Crippen LogP contribution in [-0.2, 0) is 4.79 Å². The van der Waals surface area contributed by atoms with Gasteiger partial charge in [0.15, 0.2) is 0 Å². The molecule has 126 valence electrons. The third-order valence-electron chi connectivity index (χ3n) is 5.24. The van der Waals surface area contributed by atoms with Crippen LogP contribution in [0.2, 0.25) is 0 Å². The second-order valence-electron chi connectivity index (χ2n) is 7.10. The molecule has 2 aliphatic rings. The van der Waals surface area contributed by atoms with Gasteiger partial charge in [-0.15, -0.1) is 0 Å². The average Bonchev–Trinajstić information content (AvgIpc) is 2.61. The van der Waals surface area contributed by atoms with Crippen molar-refractivity contribution in [2.24, 2.45) is 11.3 Å². The standard InChI is InChI=1S/C17H27N5O/c1-17(4-6-18-7-5-17)13-21-16(23)14-2-10-22(11-3-14)15-12-19-8-9-20-15/h8-9,12,14,18H,2-7,10-11,13H2,1H3,(H,21,23). The van der Waals surface area contributed by atoms with E-state index < -0.39 is 0 Å². The minimum absolute atomic E-state index is 0.133. The van der Waals surface area contributed by atoms with E-state index in [9.17, 15) is 4.79 Å². The molecule has 0 unspecified atom stereocenters. The summed E-state index contributed by atoms with van der Waals surface area (Å²) in [5.74, 6) is 1.27. The molecule has 1 aromatic rings. The molecule has 2 saturated heterocycles. The highest BCUT2D eigenvalue weighted by Crippen LogP contribution is 2.27. The fourth-order valence-electron chi connectivity index (χ4n) is 3.48. The lowest BCUT2D eigenvalue weighted by molar-refractivity contribution is -0.126. The Hall–Kier alpha value is -1.69. The van der Waals surface area contributed by atoms with Crippen LogP contribution in [0.4, 0.5) is 5.82 Å². The maximum absolute atomic E-state index is 12.5. The Morgan fingerprint density at radius 1 is 1.35 bits per heavy atom. The summed E-state index contributed by atoms with van der Waals surface area (Å²) in [7, 11) is 0. The number of carbonyl (C=O) groups is 1. The smallest absolute Gasteiger partial charge is 0.223 e. The van der Waals surface area contributed by atoms with Crippen molar-refractivity contribution in [2.75, 3.05) is 37.6 Å². The van der Waals surface area contributed by atoms with Gasteiger partial charge in [-0.1, -0.05) is 6.92 Å². The molecule has 0 atom stereocenters. The van der Waals surface area contributed by atoms with Crippen molar-refractivity contribution in [1.82, 2.24) is 20.6 Å². The van der Waals surface area contributed by atoms with Crippen LogP contribution in [0.5, 0.6) is 0 Å². The minimum Gasteiger partial charge on any atom is -0.355 e. The van der Waals surface area contributed by atoms with Crippen LogP contribution in [0.25, 0.3) is 0 Å². The lowest BCUT2D eigenvalue weighted by atomic mass is 9.81. The number of hydrogen-bond donors (Lipinski definition) is 2. The van der Waals surface area contributed by atoms with Gasteiger partial charge in [0.2, 0.25) is 5.91 Å². The van der Waals surface area contributed by atoms with Crippen LogP contribution in [0.15, 0.2) is 18.6 Å². The van der Waals surface area contributed by atoms with E-state index in [0.29, 0.717) is 0 Å². The number of aromatic nitrogens is 2. The van der Waals surface area contributed by atoms with Crippen molar-refractivity contribution in [2.45, 2.75) is 32.6 Å². The molecule has 1 amide bonds. The predicted molar refractivity (Wildman–Crippen MR) is 90.2 cm³/mol. The molecule has 2 N–H and O–H groups in total. The van der Waals surface area contributed by atoms with Crippen LogP contribution in [-0.4, -0.2) is 48.6 Å². The number of hydrogen-bond acceptors (Lipinski definition) is 5. The maximum atomic E-state index is 12.5. The van der Waals surface area contributed by atoms with E-state index in [1.54, 1.807) is 18.6 Å². The Labute approximate surface area is 138 Å². The normalized spacial score (nSPS) is 21.9. The van der Waals surface area contributed by atoms with E-state index in [1.165, 1.54) is 0 Å². The van der Waals surface area contributed by atoms with E-state index >= 15 is 0 Å². The lowest BCUT2D eigenvalue weighted by Gasteiger charge is -2.36. The van der Waals surface area contributed by atoms with Crippen LogP contribution >= 0.6 is 0 Å². The third-order valence-corrected chi connectivity index (χ3v) is 5.24. The summed E-state index contributed by atoms with van der Waals surface area (Å²) in [4.78, 5) is 23.1. The van der Waals surface area contributed by atoms with E-state index in [0.717, 1.165) is 64.2 Å². The minimum atomic E-state index is 0.133. The first-order valence-electron chi connectivity index (χ1n) is 8.66. The average molecular weight is 317 g/mol. The van der Waals surface area contributed by atoms with Crippen LogP contribution in [0.3, 0.4) is 0 Å². The number of piperidine rings is 2. The summed E-state index contributed by atoms with van der Waals surface area (Å²) in [5, 5.41) is 6.59.